The Morgan fingerprint density at radius 1 is 1.42 bits per heavy atom. The fourth-order valence-electron chi connectivity index (χ4n) is 2.29. The summed E-state index contributed by atoms with van der Waals surface area (Å²) < 4.78 is 41.2. The average Bonchev–Trinajstić information content (AvgIpc) is 2.55. The van der Waals surface area contributed by atoms with E-state index in [4.69, 9.17) is 6.42 Å². The lowest BCUT2D eigenvalue weighted by Crippen LogP contribution is -2.25. The maximum absolute atomic E-state index is 13.7. The van der Waals surface area contributed by atoms with Crippen LogP contribution in [0.2, 0.25) is 0 Å². The van der Waals surface area contributed by atoms with Gasteiger partial charge < -0.3 is 10.0 Å². The summed E-state index contributed by atoms with van der Waals surface area (Å²) in [4.78, 5) is 5.37. The number of hydrogen-bond acceptors (Lipinski definition) is 3. The monoisotopic (exact) mass is 362 g/mol. The van der Waals surface area contributed by atoms with E-state index in [1.54, 1.807) is 13.0 Å². The molecule has 0 amide bonds. The molecule has 138 valence electrons. The van der Waals surface area contributed by atoms with E-state index in [1.807, 2.05) is 0 Å². The topological polar surface area (TPSA) is 36.4 Å². The first-order chi connectivity index (χ1) is 12.1. The van der Waals surface area contributed by atoms with Crippen LogP contribution in [0.15, 0.2) is 48.4 Å². The SMILES string of the molecule is C#C/C=C\c1c(C)cnc(N(C)C/C(C=C)=C/C=C(\C)O)c1C(F)(F)F. The Bertz CT molecular complexity index is 792. The van der Waals surface area contributed by atoms with Crippen LogP contribution < -0.4 is 4.90 Å². The van der Waals surface area contributed by atoms with Crippen LogP contribution in [0, 0.1) is 19.3 Å². The fraction of sp³-hybridized carbons (Fsp3) is 0.250. The lowest BCUT2D eigenvalue weighted by molar-refractivity contribution is -0.137. The number of anilines is 1. The normalized spacial score (nSPS) is 13.0. The summed E-state index contributed by atoms with van der Waals surface area (Å²) in [5.74, 6) is 2.08. The molecule has 1 aromatic heterocycles. The third-order valence-corrected chi connectivity index (χ3v) is 3.51. The highest BCUT2D eigenvalue weighted by atomic mass is 19.4. The minimum atomic E-state index is -4.60. The van der Waals surface area contributed by atoms with Gasteiger partial charge in [-0.3, -0.25) is 0 Å². The second kappa shape index (κ2) is 8.95. The number of halogens is 3. The predicted octanol–water partition coefficient (Wildman–Crippen LogP) is 5.07. The lowest BCUT2D eigenvalue weighted by atomic mass is 10.0. The number of aryl methyl sites for hydroxylation is 1. The van der Waals surface area contributed by atoms with Gasteiger partial charge in [-0.05, 0) is 48.8 Å². The number of aromatic nitrogens is 1. The number of rotatable bonds is 6. The van der Waals surface area contributed by atoms with Crippen LogP contribution in [0.3, 0.4) is 0 Å². The van der Waals surface area contributed by atoms with Gasteiger partial charge in [-0.2, -0.15) is 13.2 Å². The zero-order valence-electron chi connectivity index (χ0n) is 14.9. The Kier molecular flexibility index (Phi) is 7.27. The summed E-state index contributed by atoms with van der Waals surface area (Å²) in [6, 6.07) is 0. The number of aliphatic hydroxyl groups is 1. The summed E-state index contributed by atoms with van der Waals surface area (Å²) in [6.45, 7) is 6.82. The minimum absolute atomic E-state index is 0.0115. The van der Waals surface area contributed by atoms with Gasteiger partial charge in [0.25, 0.3) is 0 Å². The van der Waals surface area contributed by atoms with Crippen LogP contribution in [-0.4, -0.2) is 23.7 Å². The van der Waals surface area contributed by atoms with Crippen molar-refractivity contribution in [3.63, 3.8) is 0 Å². The molecule has 0 aliphatic heterocycles. The molecule has 0 unspecified atom stereocenters. The fourth-order valence-corrected chi connectivity index (χ4v) is 2.29. The van der Waals surface area contributed by atoms with Gasteiger partial charge in [0.15, 0.2) is 0 Å². The van der Waals surface area contributed by atoms with Crippen molar-refractivity contribution in [1.29, 1.82) is 0 Å². The summed E-state index contributed by atoms with van der Waals surface area (Å²) in [5, 5.41) is 9.23. The van der Waals surface area contributed by atoms with Gasteiger partial charge in [0.05, 0.1) is 5.76 Å². The smallest absolute Gasteiger partial charge is 0.420 e. The van der Waals surface area contributed by atoms with Crippen LogP contribution in [0.25, 0.3) is 6.08 Å². The first-order valence-electron chi connectivity index (χ1n) is 7.71. The van der Waals surface area contributed by atoms with Gasteiger partial charge in [-0.25, -0.2) is 4.98 Å². The molecule has 3 nitrogen and oxygen atoms in total. The van der Waals surface area contributed by atoms with Crippen LogP contribution in [0.1, 0.15) is 23.6 Å². The van der Waals surface area contributed by atoms with E-state index in [-0.39, 0.29) is 23.7 Å². The van der Waals surface area contributed by atoms with Crippen molar-refractivity contribution in [3.05, 3.63) is 65.1 Å². The minimum Gasteiger partial charge on any atom is -0.513 e. The molecule has 1 N–H and O–H groups in total. The highest BCUT2D eigenvalue weighted by Gasteiger charge is 2.38. The van der Waals surface area contributed by atoms with Crippen LogP contribution in [0.5, 0.6) is 0 Å². The third kappa shape index (κ3) is 5.55. The molecule has 0 atom stereocenters. The first kappa shape index (κ1) is 21.1. The van der Waals surface area contributed by atoms with E-state index in [1.165, 1.54) is 49.4 Å². The summed E-state index contributed by atoms with van der Waals surface area (Å²) >= 11 is 0. The van der Waals surface area contributed by atoms with Gasteiger partial charge in [0.2, 0.25) is 0 Å². The number of hydrogen-bond donors (Lipinski definition) is 1. The molecular weight excluding hydrogens is 341 g/mol. The second-order valence-corrected chi connectivity index (χ2v) is 5.66. The largest absolute Gasteiger partial charge is 0.513 e. The number of terminal acetylenes is 1. The Labute approximate surface area is 151 Å². The van der Waals surface area contributed by atoms with Crippen molar-refractivity contribution in [1.82, 2.24) is 4.98 Å². The molecule has 0 fully saturated rings. The van der Waals surface area contributed by atoms with E-state index in [9.17, 15) is 18.3 Å². The molecule has 0 saturated heterocycles. The second-order valence-electron chi connectivity index (χ2n) is 5.66. The van der Waals surface area contributed by atoms with Crippen molar-refractivity contribution < 1.29 is 18.3 Å². The number of aliphatic hydroxyl groups excluding tert-OH is 1. The van der Waals surface area contributed by atoms with Crippen LogP contribution >= 0.6 is 0 Å². The molecule has 0 saturated carbocycles. The zero-order valence-corrected chi connectivity index (χ0v) is 14.9. The number of allylic oxidation sites excluding steroid dienone is 4. The van der Waals surface area contributed by atoms with Crippen molar-refractivity contribution in [2.45, 2.75) is 20.0 Å². The Morgan fingerprint density at radius 3 is 2.58 bits per heavy atom. The molecule has 1 heterocycles. The number of pyridine rings is 1. The molecule has 1 rings (SSSR count). The highest BCUT2D eigenvalue weighted by Crippen LogP contribution is 2.39. The molecule has 0 bridgehead atoms. The average molecular weight is 362 g/mol. The van der Waals surface area contributed by atoms with Crippen LogP contribution in [-0.2, 0) is 6.18 Å². The van der Waals surface area contributed by atoms with Gasteiger partial charge in [0, 0.05) is 19.8 Å². The standard InChI is InChI=1S/C20H21F3N2O/c1-6-8-9-17-14(3)12-24-19(18(17)20(21,22)23)25(5)13-16(7-2)11-10-15(4)26/h1,7-12,26H,2,13H2,3-5H3/b9-8-,15-10+,16-11+. The quantitative estimate of drug-likeness (QED) is 0.436. The van der Waals surface area contributed by atoms with E-state index in [0.717, 1.165) is 0 Å². The van der Waals surface area contributed by atoms with E-state index in [2.05, 4.69) is 17.5 Å². The molecule has 1 aromatic rings. The van der Waals surface area contributed by atoms with Gasteiger partial charge in [0.1, 0.15) is 11.4 Å². The van der Waals surface area contributed by atoms with Crippen LogP contribution in [0.4, 0.5) is 19.0 Å². The van der Waals surface area contributed by atoms with E-state index >= 15 is 0 Å². The van der Waals surface area contributed by atoms with Crippen molar-refractivity contribution in [3.8, 4) is 12.3 Å². The maximum atomic E-state index is 13.7. The number of alkyl halides is 3. The number of nitrogens with zero attached hydrogens (tertiary/aromatic N) is 2. The highest BCUT2D eigenvalue weighted by molar-refractivity contribution is 5.67. The van der Waals surface area contributed by atoms with Gasteiger partial charge in [-0.15, -0.1) is 6.42 Å². The molecule has 0 aliphatic rings. The molecule has 6 heteroatoms. The third-order valence-electron chi connectivity index (χ3n) is 3.51. The van der Waals surface area contributed by atoms with E-state index < -0.39 is 11.7 Å². The van der Waals surface area contributed by atoms with Crippen molar-refractivity contribution in [2.75, 3.05) is 18.5 Å². The van der Waals surface area contributed by atoms with Gasteiger partial charge >= 0.3 is 6.18 Å². The predicted molar refractivity (Wildman–Crippen MR) is 99.8 cm³/mol. The van der Waals surface area contributed by atoms with Gasteiger partial charge in [-0.1, -0.05) is 24.7 Å². The molecule has 0 radical (unpaired) electrons. The van der Waals surface area contributed by atoms with Crippen molar-refractivity contribution in [2.24, 2.45) is 0 Å². The Morgan fingerprint density at radius 2 is 2.08 bits per heavy atom. The number of likely N-dealkylation sites (N-methyl/N-ethyl adjacent to an activating group) is 1. The molecule has 0 aromatic carbocycles. The summed E-state index contributed by atoms with van der Waals surface area (Å²) in [6.07, 6.45) is 8.94. The Hall–Kier alpha value is -2.94. The molecular formula is C20H21F3N2O. The molecule has 0 spiro atoms. The maximum Gasteiger partial charge on any atom is 0.420 e. The lowest BCUT2D eigenvalue weighted by Gasteiger charge is -2.25. The molecule has 26 heavy (non-hydrogen) atoms. The first-order valence-corrected chi connectivity index (χ1v) is 7.71. The Balaban J connectivity index is 3.46. The summed E-state index contributed by atoms with van der Waals surface area (Å²) in [7, 11) is 1.51. The van der Waals surface area contributed by atoms with Crippen molar-refractivity contribution >= 4 is 11.9 Å². The summed E-state index contributed by atoms with van der Waals surface area (Å²) in [5.41, 5.74) is 0.141. The van der Waals surface area contributed by atoms with E-state index in [0.29, 0.717) is 11.1 Å². The zero-order chi connectivity index (χ0) is 19.9. The molecule has 0 aliphatic carbocycles.